The summed E-state index contributed by atoms with van der Waals surface area (Å²) >= 11 is 0. The quantitative estimate of drug-likeness (QED) is 0.545. The second-order valence-electron chi connectivity index (χ2n) is 6.66. The summed E-state index contributed by atoms with van der Waals surface area (Å²) in [4.78, 5) is 21.1. The van der Waals surface area contributed by atoms with Gasteiger partial charge < -0.3 is 16.0 Å². The lowest BCUT2D eigenvalue weighted by molar-refractivity contribution is 0.0944. The van der Waals surface area contributed by atoms with Gasteiger partial charge in [-0.25, -0.2) is 9.97 Å². The van der Waals surface area contributed by atoms with Gasteiger partial charge in [-0.2, -0.15) is 5.10 Å². The zero-order chi connectivity index (χ0) is 20.1. The molecule has 146 valence electrons. The Kier molecular flexibility index (Phi) is 6.00. The fourth-order valence-corrected chi connectivity index (χ4v) is 2.93. The average molecular weight is 379 g/mol. The Bertz CT molecular complexity index is 960. The Hall–Kier alpha value is -3.26. The molecule has 28 heavy (non-hydrogen) atoms. The Balaban J connectivity index is 1.80. The van der Waals surface area contributed by atoms with Gasteiger partial charge in [-0.3, -0.25) is 9.48 Å². The summed E-state index contributed by atoms with van der Waals surface area (Å²) in [6.45, 7) is 5.35. The molecule has 3 rings (SSSR count). The van der Waals surface area contributed by atoms with E-state index in [0.29, 0.717) is 36.1 Å². The molecule has 0 aliphatic carbocycles. The second kappa shape index (κ2) is 8.62. The predicted molar refractivity (Wildman–Crippen MR) is 110 cm³/mol. The first-order valence-corrected chi connectivity index (χ1v) is 9.12. The molecule has 0 fully saturated rings. The lowest BCUT2D eigenvalue weighted by Gasteiger charge is -2.07. The minimum Gasteiger partial charge on any atom is -0.349 e. The Morgan fingerprint density at radius 1 is 1.07 bits per heavy atom. The van der Waals surface area contributed by atoms with Gasteiger partial charge in [-0.1, -0.05) is 6.07 Å². The topological polar surface area (TPSA) is 96.8 Å². The van der Waals surface area contributed by atoms with Gasteiger partial charge in [-0.15, -0.1) is 0 Å². The molecule has 8 nitrogen and oxygen atoms in total. The minimum atomic E-state index is -0.167. The van der Waals surface area contributed by atoms with Crippen LogP contribution >= 0.6 is 0 Å². The van der Waals surface area contributed by atoms with Crippen molar-refractivity contribution in [2.45, 2.75) is 13.8 Å². The van der Waals surface area contributed by atoms with Gasteiger partial charge in [0.25, 0.3) is 5.91 Å². The second-order valence-corrected chi connectivity index (χ2v) is 6.66. The van der Waals surface area contributed by atoms with Crippen molar-refractivity contribution in [2.75, 3.05) is 25.5 Å². The van der Waals surface area contributed by atoms with Crippen molar-refractivity contribution < 1.29 is 4.79 Å². The van der Waals surface area contributed by atoms with Gasteiger partial charge in [0.05, 0.1) is 5.69 Å². The van der Waals surface area contributed by atoms with Crippen LogP contribution in [0.25, 0.3) is 11.4 Å². The minimum absolute atomic E-state index is 0.167. The first-order chi connectivity index (χ1) is 13.5. The van der Waals surface area contributed by atoms with Crippen LogP contribution in [0, 0.1) is 13.8 Å². The van der Waals surface area contributed by atoms with Gasteiger partial charge in [0.2, 0.25) is 5.95 Å². The number of carbonyl (C=O) groups is 1. The highest BCUT2D eigenvalue weighted by Gasteiger charge is 2.15. The number of hydrogen-bond acceptors (Lipinski definition) is 6. The van der Waals surface area contributed by atoms with Crippen LogP contribution in [0.3, 0.4) is 0 Å². The maximum absolute atomic E-state index is 12.3. The molecule has 0 radical (unpaired) electrons. The molecule has 8 heteroatoms. The highest BCUT2D eigenvalue weighted by atomic mass is 16.2. The largest absolute Gasteiger partial charge is 0.349 e. The third-order valence-corrected chi connectivity index (χ3v) is 4.17. The number of benzene rings is 1. The number of amides is 1. The molecule has 0 saturated heterocycles. The standard InChI is InChI=1S/C20H25N7O/c1-13-9-14(2)11-15(10-13)24-20-23-6-5-16(25-20)17-12-18(27(4)26-17)19(28)22-8-7-21-3/h5-6,9-12,21H,7-8H2,1-4H3,(H,22,28)(H,23,24,25). The summed E-state index contributed by atoms with van der Waals surface area (Å²) in [5.74, 6) is 0.312. The molecule has 0 spiro atoms. The summed E-state index contributed by atoms with van der Waals surface area (Å²) < 4.78 is 1.56. The molecule has 0 atom stereocenters. The van der Waals surface area contributed by atoms with Crippen LogP contribution in [-0.2, 0) is 7.05 Å². The normalized spacial score (nSPS) is 10.7. The number of carbonyl (C=O) groups excluding carboxylic acids is 1. The number of nitrogens with zero attached hydrogens (tertiary/aromatic N) is 4. The molecule has 0 aliphatic rings. The number of aryl methyl sites for hydroxylation is 3. The molecule has 0 bridgehead atoms. The zero-order valence-electron chi connectivity index (χ0n) is 16.6. The van der Waals surface area contributed by atoms with Crippen molar-refractivity contribution in [3.63, 3.8) is 0 Å². The van der Waals surface area contributed by atoms with Crippen LogP contribution in [0.4, 0.5) is 11.6 Å². The molecule has 0 saturated carbocycles. The lowest BCUT2D eigenvalue weighted by Crippen LogP contribution is -2.31. The number of rotatable bonds is 7. The fourth-order valence-electron chi connectivity index (χ4n) is 2.93. The average Bonchev–Trinajstić information content (AvgIpc) is 3.03. The highest BCUT2D eigenvalue weighted by molar-refractivity contribution is 5.93. The van der Waals surface area contributed by atoms with Crippen molar-refractivity contribution in [1.29, 1.82) is 0 Å². The maximum atomic E-state index is 12.3. The Labute approximate surface area is 164 Å². The van der Waals surface area contributed by atoms with Crippen LogP contribution in [0.5, 0.6) is 0 Å². The monoisotopic (exact) mass is 379 g/mol. The number of hydrogen-bond donors (Lipinski definition) is 3. The molecular weight excluding hydrogens is 354 g/mol. The van der Waals surface area contributed by atoms with E-state index in [1.54, 1.807) is 30.1 Å². The maximum Gasteiger partial charge on any atom is 0.269 e. The van der Waals surface area contributed by atoms with Crippen LogP contribution in [0.2, 0.25) is 0 Å². The van der Waals surface area contributed by atoms with Gasteiger partial charge in [-0.05, 0) is 56.3 Å². The molecule has 0 unspecified atom stereocenters. The molecule has 3 N–H and O–H groups in total. The number of anilines is 2. The molecule has 2 aromatic heterocycles. The van der Waals surface area contributed by atoms with Crippen molar-refractivity contribution in [1.82, 2.24) is 30.4 Å². The fraction of sp³-hybridized carbons (Fsp3) is 0.300. The third kappa shape index (κ3) is 4.72. The summed E-state index contributed by atoms with van der Waals surface area (Å²) in [7, 11) is 3.58. The predicted octanol–water partition coefficient (Wildman–Crippen LogP) is 2.19. The van der Waals surface area contributed by atoms with Gasteiger partial charge in [0, 0.05) is 32.0 Å². The highest BCUT2D eigenvalue weighted by Crippen LogP contribution is 2.21. The van der Waals surface area contributed by atoms with E-state index < -0.39 is 0 Å². The summed E-state index contributed by atoms with van der Waals surface area (Å²) in [6, 6.07) is 9.70. The van der Waals surface area contributed by atoms with E-state index in [9.17, 15) is 4.79 Å². The van der Waals surface area contributed by atoms with E-state index in [1.807, 2.05) is 33.0 Å². The van der Waals surface area contributed by atoms with E-state index >= 15 is 0 Å². The lowest BCUT2D eigenvalue weighted by atomic mass is 10.1. The molecular formula is C20H25N7O. The third-order valence-electron chi connectivity index (χ3n) is 4.17. The first-order valence-electron chi connectivity index (χ1n) is 9.12. The van der Waals surface area contributed by atoms with Crippen LogP contribution in [0.15, 0.2) is 36.5 Å². The van der Waals surface area contributed by atoms with E-state index in [2.05, 4.69) is 37.1 Å². The first kappa shape index (κ1) is 19.5. The van der Waals surface area contributed by atoms with Gasteiger partial charge in [0.15, 0.2) is 0 Å². The van der Waals surface area contributed by atoms with Crippen LogP contribution in [0.1, 0.15) is 21.6 Å². The Morgan fingerprint density at radius 2 is 1.82 bits per heavy atom. The van der Waals surface area contributed by atoms with Gasteiger partial charge >= 0.3 is 0 Å². The van der Waals surface area contributed by atoms with Crippen molar-refractivity contribution in [3.05, 3.63) is 53.3 Å². The zero-order valence-corrected chi connectivity index (χ0v) is 16.6. The molecule has 1 aromatic carbocycles. The molecule has 2 heterocycles. The van der Waals surface area contributed by atoms with E-state index in [1.165, 1.54) is 0 Å². The smallest absolute Gasteiger partial charge is 0.269 e. The number of aromatic nitrogens is 4. The van der Waals surface area contributed by atoms with Gasteiger partial charge in [0.1, 0.15) is 11.4 Å². The molecule has 1 amide bonds. The van der Waals surface area contributed by atoms with Crippen LogP contribution in [-0.4, -0.2) is 45.8 Å². The molecule has 3 aromatic rings. The summed E-state index contributed by atoms with van der Waals surface area (Å²) in [6.07, 6.45) is 1.68. The van der Waals surface area contributed by atoms with Crippen molar-refractivity contribution in [3.8, 4) is 11.4 Å². The Morgan fingerprint density at radius 3 is 2.54 bits per heavy atom. The van der Waals surface area contributed by atoms with E-state index in [-0.39, 0.29) is 5.91 Å². The van der Waals surface area contributed by atoms with Crippen molar-refractivity contribution in [2.24, 2.45) is 7.05 Å². The summed E-state index contributed by atoms with van der Waals surface area (Å²) in [5.41, 5.74) is 5.00. The molecule has 0 aliphatic heterocycles. The van der Waals surface area contributed by atoms with Crippen LogP contribution < -0.4 is 16.0 Å². The number of nitrogens with one attached hydrogen (secondary N) is 3. The van der Waals surface area contributed by atoms with E-state index in [0.717, 1.165) is 16.8 Å². The SMILES string of the molecule is CNCCNC(=O)c1cc(-c2ccnc(Nc3cc(C)cc(C)c3)n2)nn1C. The number of likely N-dealkylation sites (N-methyl/N-ethyl adjacent to an activating group) is 1. The van der Waals surface area contributed by atoms with Crippen molar-refractivity contribution >= 4 is 17.5 Å². The van der Waals surface area contributed by atoms with E-state index in [4.69, 9.17) is 0 Å². The summed E-state index contributed by atoms with van der Waals surface area (Å²) in [5, 5.41) is 13.5.